The van der Waals surface area contributed by atoms with E-state index in [1.807, 2.05) is 12.1 Å². The van der Waals surface area contributed by atoms with Crippen LogP contribution in [0.25, 0.3) is 0 Å². The largest absolute Gasteiger partial charge is 0.195 e. The minimum absolute atomic E-state index is 0.781. The molecule has 1 fully saturated rings. The van der Waals surface area contributed by atoms with E-state index in [1.165, 1.54) is 94.6 Å². The minimum Gasteiger partial charge on any atom is -0.195 e. The smallest absolute Gasteiger partial charge is 0.0739 e. The molecule has 0 saturated heterocycles. The van der Waals surface area contributed by atoms with Gasteiger partial charge < -0.3 is 0 Å². The van der Waals surface area contributed by atoms with E-state index in [9.17, 15) is 0 Å². The van der Waals surface area contributed by atoms with Gasteiger partial charge in [-0.2, -0.15) is 4.99 Å². The second kappa shape index (κ2) is 15.2. The zero-order valence-corrected chi connectivity index (χ0v) is 21.6. The van der Waals surface area contributed by atoms with Crippen LogP contribution in [0.15, 0.2) is 53.5 Å². The average Bonchev–Trinajstić information content (AvgIpc) is 2.86. The predicted molar refractivity (Wildman–Crippen MR) is 147 cm³/mol. The van der Waals surface area contributed by atoms with Crippen LogP contribution in [0.2, 0.25) is 0 Å². The van der Waals surface area contributed by atoms with Crippen molar-refractivity contribution >= 4 is 23.1 Å². The lowest BCUT2D eigenvalue weighted by Gasteiger charge is -2.29. The highest BCUT2D eigenvalue weighted by Gasteiger charge is 2.22. The van der Waals surface area contributed by atoms with Gasteiger partial charge in [0, 0.05) is 0 Å². The van der Waals surface area contributed by atoms with E-state index < -0.39 is 0 Å². The van der Waals surface area contributed by atoms with E-state index in [0.29, 0.717) is 0 Å². The van der Waals surface area contributed by atoms with E-state index >= 15 is 0 Å². The number of nitrogens with zero attached hydrogens (tertiary/aromatic N) is 1. The number of thiocarbonyl (C=S) groups is 1. The molecule has 2 aromatic carbocycles. The number of rotatable bonds is 14. The third-order valence-corrected chi connectivity index (χ3v) is 7.67. The molecule has 33 heavy (non-hydrogen) atoms. The van der Waals surface area contributed by atoms with E-state index in [0.717, 1.165) is 30.4 Å². The van der Waals surface area contributed by atoms with Crippen molar-refractivity contribution in [2.45, 2.75) is 109 Å². The molecule has 0 radical (unpaired) electrons. The fraction of sp³-hybridized carbons (Fsp3) is 0.581. The fourth-order valence-electron chi connectivity index (χ4n) is 5.39. The molecule has 0 bridgehead atoms. The van der Waals surface area contributed by atoms with Crippen LogP contribution in [0.3, 0.4) is 0 Å². The Morgan fingerprint density at radius 3 is 1.85 bits per heavy atom. The Labute approximate surface area is 208 Å². The van der Waals surface area contributed by atoms with Gasteiger partial charge in [0.15, 0.2) is 0 Å². The van der Waals surface area contributed by atoms with Crippen LogP contribution < -0.4 is 0 Å². The number of hydrogen-bond donors (Lipinski definition) is 0. The van der Waals surface area contributed by atoms with E-state index in [4.69, 9.17) is 0 Å². The molecule has 0 amide bonds. The topological polar surface area (TPSA) is 12.4 Å². The molecule has 0 aliphatic heterocycles. The normalized spacial score (nSPS) is 18.1. The number of aryl methyl sites for hydroxylation is 2. The lowest BCUT2D eigenvalue weighted by molar-refractivity contribution is 0.301. The lowest BCUT2D eigenvalue weighted by Crippen LogP contribution is -2.13. The van der Waals surface area contributed by atoms with Crippen molar-refractivity contribution in [1.82, 2.24) is 0 Å². The van der Waals surface area contributed by atoms with Crippen molar-refractivity contribution in [1.29, 1.82) is 0 Å². The Hall–Kier alpha value is -1.76. The molecule has 1 aliphatic rings. The number of hydrogen-bond acceptors (Lipinski definition) is 2. The summed E-state index contributed by atoms with van der Waals surface area (Å²) >= 11 is 4.67. The van der Waals surface area contributed by atoms with Gasteiger partial charge in [0.1, 0.15) is 0 Å². The first-order valence-corrected chi connectivity index (χ1v) is 13.9. The number of aliphatic imine (C=N–C) groups is 1. The highest BCUT2D eigenvalue weighted by atomic mass is 32.1. The first-order valence-electron chi connectivity index (χ1n) is 13.5. The van der Waals surface area contributed by atoms with Crippen LogP contribution in [0.4, 0.5) is 5.69 Å². The third kappa shape index (κ3) is 9.55. The lowest BCUT2D eigenvalue weighted by atomic mass is 9.77. The summed E-state index contributed by atoms with van der Waals surface area (Å²) < 4.78 is 0. The van der Waals surface area contributed by atoms with Crippen molar-refractivity contribution < 1.29 is 0 Å². The summed E-state index contributed by atoms with van der Waals surface area (Å²) in [6.07, 6.45) is 20.8. The van der Waals surface area contributed by atoms with Gasteiger partial charge >= 0.3 is 0 Å². The Bertz CT molecular complexity index is 824. The number of isothiocyanates is 1. The summed E-state index contributed by atoms with van der Waals surface area (Å²) in [4.78, 5) is 4.02. The van der Waals surface area contributed by atoms with Gasteiger partial charge in [0.25, 0.3) is 0 Å². The molecular formula is C31H43NS. The molecule has 0 aromatic heterocycles. The van der Waals surface area contributed by atoms with Gasteiger partial charge in [-0.15, -0.1) is 0 Å². The van der Waals surface area contributed by atoms with Crippen molar-refractivity contribution in [2.24, 2.45) is 10.9 Å². The second-order valence-electron chi connectivity index (χ2n) is 10.1. The molecule has 0 spiro atoms. The highest BCUT2D eigenvalue weighted by molar-refractivity contribution is 7.78. The summed E-state index contributed by atoms with van der Waals surface area (Å²) in [5.74, 6) is 1.77. The van der Waals surface area contributed by atoms with Crippen molar-refractivity contribution in [3.8, 4) is 0 Å². The number of benzene rings is 2. The Balaban J connectivity index is 1.31. The zero-order chi connectivity index (χ0) is 23.1. The molecule has 0 N–H and O–H groups in total. The summed E-state index contributed by atoms with van der Waals surface area (Å²) in [5.41, 5.74) is 5.22. The molecule has 1 saturated carbocycles. The molecule has 0 heterocycles. The van der Waals surface area contributed by atoms with Crippen LogP contribution in [0.5, 0.6) is 0 Å². The van der Waals surface area contributed by atoms with Gasteiger partial charge in [-0.1, -0.05) is 101 Å². The van der Waals surface area contributed by atoms with Crippen molar-refractivity contribution in [3.05, 3.63) is 65.2 Å². The van der Waals surface area contributed by atoms with Gasteiger partial charge in [-0.3, -0.25) is 0 Å². The standard InChI is InChI=1S/C31H43NS/c1-2-3-4-5-6-7-8-9-10-26-13-19-29(20-14-26)30-21-15-27(16-22-30)11-12-28-17-23-31(24-18-28)32-25-33/h15-18,21-24,26,29H,2-14,19-20H2,1H3/t26-,29-. The van der Waals surface area contributed by atoms with Crippen LogP contribution in [-0.4, -0.2) is 5.16 Å². The first kappa shape index (κ1) is 25.9. The van der Waals surface area contributed by atoms with Gasteiger partial charge in [-0.25, -0.2) is 0 Å². The van der Waals surface area contributed by atoms with Crippen molar-refractivity contribution in [3.63, 3.8) is 0 Å². The molecule has 2 heteroatoms. The second-order valence-corrected chi connectivity index (χ2v) is 10.3. The fourth-order valence-corrected chi connectivity index (χ4v) is 5.49. The SMILES string of the molecule is CCCCCCCCCC[C@H]1CC[C@H](c2ccc(CCc3ccc(N=C=S)cc3)cc2)CC1. The molecule has 0 unspecified atom stereocenters. The Morgan fingerprint density at radius 2 is 1.27 bits per heavy atom. The first-order chi connectivity index (χ1) is 16.3. The third-order valence-electron chi connectivity index (χ3n) is 7.58. The van der Waals surface area contributed by atoms with Crippen LogP contribution in [0.1, 0.15) is 113 Å². The molecule has 2 aromatic rings. The molecule has 178 valence electrons. The predicted octanol–water partition coefficient (Wildman–Crippen LogP) is 10.0. The quantitative estimate of drug-likeness (QED) is 0.155. The van der Waals surface area contributed by atoms with Gasteiger partial charge in [0.05, 0.1) is 10.8 Å². The summed E-state index contributed by atoms with van der Waals surface area (Å²) in [6, 6.07) is 17.8. The van der Waals surface area contributed by atoms with E-state index in [-0.39, 0.29) is 0 Å². The van der Waals surface area contributed by atoms with E-state index in [1.54, 1.807) is 5.56 Å². The summed E-state index contributed by atoms with van der Waals surface area (Å²) in [7, 11) is 0. The Kier molecular flexibility index (Phi) is 11.9. The number of unbranched alkanes of at least 4 members (excludes halogenated alkanes) is 7. The zero-order valence-electron chi connectivity index (χ0n) is 20.7. The minimum atomic E-state index is 0.781. The van der Waals surface area contributed by atoms with Crippen LogP contribution in [0, 0.1) is 5.92 Å². The maximum atomic E-state index is 4.67. The van der Waals surface area contributed by atoms with E-state index in [2.05, 4.69) is 65.7 Å². The monoisotopic (exact) mass is 461 g/mol. The molecule has 3 rings (SSSR count). The molecule has 1 aliphatic carbocycles. The molecule has 0 atom stereocenters. The molecule has 1 nitrogen and oxygen atoms in total. The van der Waals surface area contributed by atoms with Crippen LogP contribution in [-0.2, 0) is 12.8 Å². The van der Waals surface area contributed by atoms with Crippen LogP contribution >= 0.6 is 12.2 Å². The van der Waals surface area contributed by atoms with Gasteiger partial charge in [-0.05, 0) is 91.4 Å². The summed E-state index contributed by atoms with van der Waals surface area (Å²) in [6.45, 7) is 2.30. The maximum Gasteiger partial charge on any atom is 0.0739 e. The Morgan fingerprint density at radius 1 is 0.727 bits per heavy atom. The maximum absolute atomic E-state index is 4.67. The van der Waals surface area contributed by atoms with Crippen molar-refractivity contribution in [2.75, 3.05) is 0 Å². The molecular weight excluding hydrogens is 418 g/mol. The van der Waals surface area contributed by atoms with Gasteiger partial charge in [0.2, 0.25) is 0 Å². The average molecular weight is 462 g/mol. The summed E-state index contributed by atoms with van der Waals surface area (Å²) in [5, 5.41) is 2.42. The highest BCUT2D eigenvalue weighted by Crippen LogP contribution is 2.37.